The van der Waals surface area contributed by atoms with Gasteiger partial charge in [0.15, 0.2) is 0 Å². The standard InChI is InChI=1S/C24H31N5O3/c1-16(2)26-24(32)29-15-19-12-11-18(28(19)14-17-7-4-5-8-20(17)29)13-25-23(31)21-9-6-10-22(30)27(21)3/h4-10,16,18-19H,11-15H2,1-3H3,(H,25,31)(H,26,32). The second-order valence-corrected chi connectivity index (χ2v) is 8.92. The fourth-order valence-electron chi connectivity index (χ4n) is 4.71. The number of hydrogen-bond acceptors (Lipinski definition) is 4. The topological polar surface area (TPSA) is 86.7 Å². The Morgan fingerprint density at radius 1 is 1.09 bits per heavy atom. The summed E-state index contributed by atoms with van der Waals surface area (Å²) < 4.78 is 1.36. The largest absolute Gasteiger partial charge is 0.349 e. The van der Waals surface area contributed by atoms with E-state index in [1.54, 1.807) is 19.2 Å². The molecule has 1 fully saturated rings. The van der Waals surface area contributed by atoms with Crippen LogP contribution >= 0.6 is 0 Å². The van der Waals surface area contributed by atoms with Gasteiger partial charge in [-0.25, -0.2) is 4.79 Å². The van der Waals surface area contributed by atoms with Crippen molar-refractivity contribution in [2.24, 2.45) is 7.05 Å². The van der Waals surface area contributed by atoms with Crippen LogP contribution in [0.2, 0.25) is 0 Å². The number of nitrogens with one attached hydrogen (secondary N) is 2. The molecule has 2 aromatic rings. The molecule has 2 aliphatic rings. The van der Waals surface area contributed by atoms with E-state index in [4.69, 9.17) is 0 Å². The zero-order valence-electron chi connectivity index (χ0n) is 18.9. The van der Waals surface area contributed by atoms with Crippen molar-refractivity contribution in [2.45, 2.75) is 51.4 Å². The summed E-state index contributed by atoms with van der Waals surface area (Å²) in [4.78, 5) is 41.7. The van der Waals surface area contributed by atoms with Gasteiger partial charge in [-0.05, 0) is 44.4 Å². The zero-order chi connectivity index (χ0) is 22.8. The number of hydrogen-bond donors (Lipinski definition) is 2. The Kier molecular flexibility index (Phi) is 6.32. The molecular weight excluding hydrogens is 406 g/mol. The maximum atomic E-state index is 12.9. The smallest absolute Gasteiger partial charge is 0.322 e. The minimum absolute atomic E-state index is 0.0644. The maximum absolute atomic E-state index is 12.9. The summed E-state index contributed by atoms with van der Waals surface area (Å²) in [6, 6.07) is 13.1. The monoisotopic (exact) mass is 437 g/mol. The summed E-state index contributed by atoms with van der Waals surface area (Å²) in [5.74, 6) is -0.248. The second-order valence-electron chi connectivity index (χ2n) is 8.92. The molecule has 170 valence electrons. The third-order valence-corrected chi connectivity index (χ3v) is 6.37. The first-order valence-corrected chi connectivity index (χ1v) is 11.2. The van der Waals surface area contributed by atoms with E-state index < -0.39 is 0 Å². The van der Waals surface area contributed by atoms with Gasteiger partial charge in [-0.15, -0.1) is 0 Å². The average molecular weight is 438 g/mol. The highest BCUT2D eigenvalue weighted by Crippen LogP contribution is 2.34. The summed E-state index contributed by atoms with van der Waals surface area (Å²) in [5, 5.41) is 6.04. The molecule has 0 radical (unpaired) electrons. The average Bonchev–Trinajstić information content (AvgIpc) is 3.04. The maximum Gasteiger partial charge on any atom is 0.322 e. The van der Waals surface area contributed by atoms with Crippen LogP contribution in [0.1, 0.15) is 42.7 Å². The number of amides is 3. The number of fused-ring (bicyclic) bond motifs is 2. The van der Waals surface area contributed by atoms with Crippen molar-refractivity contribution >= 4 is 17.6 Å². The number of rotatable bonds is 4. The Labute approximate surface area is 188 Å². The lowest BCUT2D eigenvalue weighted by atomic mass is 10.1. The van der Waals surface area contributed by atoms with Gasteiger partial charge in [0.1, 0.15) is 5.69 Å². The minimum atomic E-state index is -0.248. The van der Waals surface area contributed by atoms with E-state index in [1.165, 1.54) is 10.6 Å². The molecule has 1 aromatic heterocycles. The van der Waals surface area contributed by atoms with E-state index in [-0.39, 0.29) is 35.6 Å². The molecule has 2 atom stereocenters. The van der Waals surface area contributed by atoms with Crippen molar-refractivity contribution < 1.29 is 9.59 Å². The van der Waals surface area contributed by atoms with Gasteiger partial charge in [0, 0.05) is 56.6 Å². The molecule has 0 saturated carbocycles. The van der Waals surface area contributed by atoms with E-state index in [2.05, 4.69) is 21.6 Å². The predicted molar refractivity (Wildman–Crippen MR) is 124 cm³/mol. The molecule has 0 spiro atoms. The van der Waals surface area contributed by atoms with Crippen molar-refractivity contribution in [3.8, 4) is 0 Å². The molecule has 2 N–H and O–H groups in total. The first kappa shape index (κ1) is 22.1. The molecule has 0 bridgehead atoms. The van der Waals surface area contributed by atoms with Crippen LogP contribution in [0, 0.1) is 0 Å². The normalized spacial score (nSPS) is 20.4. The van der Waals surface area contributed by atoms with Gasteiger partial charge in [0.05, 0.1) is 0 Å². The Morgan fingerprint density at radius 3 is 2.66 bits per heavy atom. The molecule has 8 nitrogen and oxygen atoms in total. The van der Waals surface area contributed by atoms with Gasteiger partial charge in [0.25, 0.3) is 11.5 Å². The van der Waals surface area contributed by atoms with Crippen LogP contribution in [0.3, 0.4) is 0 Å². The zero-order valence-corrected chi connectivity index (χ0v) is 18.9. The van der Waals surface area contributed by atoms with E-state index in [1.807, 2.05) is 36.9 Å². The third kappa shape index (κ3) is 4.41. The predicted octanol–water partition coefficient (Wildman–Crippen LogP) is 2.09. The number of aromatic nitrogens is 1. The highest BCUT2D eigenvalue weighted by atomic mass is 16.2. The fourth-order valence-corrected chi connectivity index (χ4v) is 4.71. The van der Waals surface area contributed by atoms with Gasteiger partial charge in [-0.1, -0.05) is 24.3 Å². The molecule has 1 saturated heterocycles. The number of carbonyl (C=O) groups excluding carboxylic acids is 2. The number of anilines is 1. The summed E-state index contributed by atoms with van der Waals surface area (Å²) in [6.07, 6.45) is 1.91. The fraction of sp³-hybridized carbons (Fsp3) is 0.458. The molecule has 2 aliphatic heterocycles. The summed E-state index contributed by atoms with van der Waals surface area (Å²) >= 11 is 0. The second kappa shape index (κ2) is 9.16. The molecule has 32 heavy (non-hydrogen) atoms. The SMILES string of the molecule is CC(C)NC(=O)N1CC2CCC(CNC(=O)c3cccc(=O)n3C)N2Cc2ccccc21. The number of benzene rings is 1. The van der Waals surface area contributed by atoms with Crippen LogP contribution < -0.4 is 21.1 Å². The van der Waals surface area contributed by atoms with Crippen LogP contribution in [-0.4, -0.2) is 52.6 Å². The lowest BCUT2D eigenvalue weighted by molar-refractivity contribution is 0.0925. The summed E-state index contributed by atoms with van der Waals surface area (Å²) in [6.45, 7) is 5.78. The van der Waals surface area contributed by atoms with Crippen molar-refractivity contribution in [3.05, 3.63) is 64.1 Å². The Morgan fingerprint density at radius 2 is 1.88 bits per heavy atom. The molecule has 1 aromatic carbocycles. The molecule has 0 aliphatic carbocycles. The summed E-state index contributed by atoms with van der Waals surface area (Å²) in [5.41, 5.74) is 2.20. The van der Waals surface area contributed by atoms with Gasteiger partial charge in [-0.3, -0.25) is 19.4 Å². The number of urea groups is 1. The van der Waals surface area contributed by atoms with Crippen molar-refractivity contribution in [1.29, 1.82) is 0 Å². The van der Waals surface area contributed by atoms with E-state index >= 15 is 0 Å². The van der Waals surface area contributed by atoms with Gasteiger partial charge in [-0.2, -0.15) is 0 Å². The molecule has 8 heteroatoms. The lowest BCUT2D eigenvalue weighted by Gasteiger charge is -2.30. The van der Waals surface area contributed by atoms with Crippen molar-refractivity contribution in [2.75, 3.05) is 18.0 Å². The first-order chi connectivity index (χ1) is 15.3. The highest BCUT2D eigenvalue weighted by molar-refractivity contribution is 5.93. The van der Waals surface area contributed by atoms with Gasteiger partial charge < -0.3 is 15.2 Å². The van der Waals surface area contributed by atoms with Crippen LogP contribution in [0.25, 0.3) is 0 Å². The van der Waals surface area contributed by atoms with Crippen LogP contribution in [0.15, 0.2) is 47.3 Å². The van der Waals surface area contributed by atoms with Crippen LogP contribution in [0.5, 0.6) is 0 Å². The molecular formula is C24H31N5O3. The Balaban J connectivity index is 1.50. The van der Waals surface area contributed by atoms with Crippen LogP contribution in [-0.2, 0) is 13.6 Å². The van der Waals surface area contributed by atoms with E-state index in [0.29, 0.717) is 18.8 Å². The number of nitrogens with zero attached hydrogens (tertiary/aromatic N) is 3. The van der Waals surface area contributed by atoms with Crippen molar-refractivity contribution in [1.82, 2.24) is 20.1 Å². The Bertz CT molecular complexity index is 1060. The lowest BCUT2D eigenvalue weighted by Crippen LogP contribution is -2.49. The van der Waals surface area contributed by atoms with Gasteiger partial charge in [0.2, 0.25) is 0 Å². The minimum Gasteiger partial charge on any atom is -0.349 e. The van der Waals surface area contributed by atoms with Crippen LogP contribution in [0.4, 0.5) is 10.5 Å². The number of carbonyl (C=O) groups is 2. The molecule has 4 rings (SSSR count). The molecule has 3 amide bonds. The third-order valence-electron chi connectivity index (χ3n) is 6.37. The molecule has 3 heterocycles. The first-order valence-electron chi connectivity index (χ1n) is 11.2. The highest BCUT2D eigenvalue weighted by Gasteiger charge is 2.38. The van der Waals surface area contributed by atoms with Gasteiger partial charge >= 0.3 is 6.03 Å². The van der Waals surface area contributed by atoms with Crippen molar-refractivity contribution in [3.63, 3.8) is 0 Å². The number of para-hydroxylation sites is 1. The Hall–Kier alpha value is -3.13. The molecule has 2 unspecified atom stereocenters. The quantitative estimate of drug-likeness (QED) is 0.767. The number of pyridine rings is 1. The summed E-state index contributed by atoms with van der Waals surface area (Å²) in [7, 11) is 1.60. The van der Waals surface area contributed by atoms with E-state index in [0.717, 1.165) is 30.6 Å². The van der Waals surface area contributed by atoms with E-state index in [9.17, 15) is 14.4 Å².